The molecule has 0 aliphatic carbocycles. The van der Waals surface area contributed by atoms with E-state index in [0.717, 1.165) is 11.1 Å². The molecule has 3 rings (SSSR count). The van der Waals surface area contributed by atoms with E-state index >= 15 is 0 Å². The number of nitrogens with zero attached hydrogens (tertiary/aromatic N) is 1. The van der Waals surface area contributed by atoms with Crippen molar-refractivity contribution in [2.45, 2.75) is 6.04 Å². The van der Waals surface area contributed by atoms with E-state index in [0.29, 0.717) is 12.4 Å². The number of carbonyl (C=O) groups is 1. The van der Waals surface area contributed by atoms with Crippen molar-refractivity contribution in [3.8, 4) is 17.7 Å². The summed E-state index contributed by atoms with van der Waals surface area (Å²) in [7, 11) is 1.59. The number of amides is 1. The van der Waals surface area contributed by atoms with Gasteiger partial charge in [-0.15, -0.1) is 0 Å². The lowest BCUT2D eigenvalue weighted by molar-refractivity contribution is 0.167. The predicted molar refractivity (Wildman–Crippen MR) is 82.2 cm³/mol. The van der Waals surface area contributed by atoms with Crippen molar-refractivity contribution in [2.75, 3.05) is 13.7 Å². The highest BCUT2D eigenvalue weighted by Gasteiger charge is 2.33. The van der Waals surface area contributed by atoms with E-state index in [1.165, 1.54) is 4.90 Å². The van der Waals surface area contributed by atoms with Gasteiger partial charge in [0.25, 0.3) is 0 Å². The molecule has 0 spiro atoms. The van der Waals surface area contributed by atoms with Gasteiger partial charge in [-0.3, -0.25) is 0 Å². The van der Waals surface area contributed by atoms with E-state index in [9.17, 15) is 4.79 Å². The van der Waals surface area contributed by atoms with Gasteiger partial charge in [0.2, 0.25) is 0 Å². The molecule has 0 saturated carbocycles. The molecule has 0 radical (unpaired) electrons. The Bertz CT molecular complexity index is 731. The van der Waals surface area contributed by atoms with E-state index in [1.807, 2.05) is 54.6 Å². The van der Waals surface area contributed by atoms with Crippen LogP contribution in [0.1, 0.15) is 17.2 Å². The van der Waals surface area contributed by atoms with Gasteiger partial charge >= 0.3 is 6.09 Å². The highest BCUT2D eigenvalue weighted by Crippen LogP contribution is 2.26. The van der Waals surface area contributed by atoms with Crippen LogP contribution in [0.3, 0.4) is 0 Å². The molecule has 1 saturated heterocycles. The molecule has 0 N–H and O–H groups in total. The fraction of sp³-hybridized carbons (Fsp3) is 0.167. The van der Waals surface area contributed by atoms with Gasteiger partial charge in [0.1, 0.15) is 18.4 Å². The Morgan fingerprint density at radius 2 is 1.86 bits per heavy atom. The molecular weight excluding hydrogens is 278 g/mol. The van der Waals surface area contributed by atoms with Crippen LogP contribution in [-0.2, 0) is 4.74 Å². The number of methoxy groups -OCH3 is 1. The Hall–Kier alpha value is -2.93. The summed E-state index contributed by atoms with van der Waals surface area (Å²) in [6.07, 6.45) is -0.420. The average molecular weight is 293 g/mol. The van der Waals surface area contributed by atoms with E-state index < -0.39 is 6.09 Å². The molecule has 1 amide bonds. The lowest BCUT2D eigenvalue weighted by atomic mass is 10.1. The number of cyclic esters (lactones) is 1. The second-order valence-corrected chi connectivity index (χ2v) is 4.81. The molecular formula is C18H15NO3. The lowest BCUT2D eigenvalue weighted by Crippen LogP contribution is -2.22. The van der Waals surface area contributed by atoms with E-state index in [1.54, 1.807) is 7.11 Å². The van der Waals surface area contributed by atoms with Crippen molar-refractivity contribution in [3.63, 3.8) is 0 Å². The predicted octanol–water partition coefficient (Wildman–Crippen LogP) is 3.20. The molecule has 22 heavy (non-hydrogen) atoms. The first-order valence-corrected chi connectivity index (χ1v) is 6.95. The fourth-order valence-electron chi connectivity index (χ4n) is 2.33. The molecule has 1 aliphatic heterocycles. The Labute approximate surface area is 129 Å². The Kier molecular flexibility index (Phi) is 3.97. The zero-order chi connectivity index (χ0) is 15.4. The molecule has 4 heteroatoms. The molecule has 1 aliphatic rings. The van der Waals surface area contributed by atoms with Crippen molar-refractivity contribution >= 4 is 6.09 Å². The molecule has 1 unspecified atom stereocenters. The number of ether oxygens (including phenoxy) is 2. The Morgan fingerprint density at radius 3 is 2.64 bits per heavy atom. The summed E-state index contributed by atoms with van der Waals surface area (Å²) in [6.45, 7) is 0.309. The summed E-state index contributed by atoms with van der Waals surface area (Å²) in [4.78, 5) is 13.3. The maximum absolute atomic E-state index is 11.9. The number of benzene rings is 2. The van der Waals surface area contributed by atoms with Crippen LogP contribution in [0.25, 0.3) is 0 Å². The summed E-state index contributed by atoms with van der Waals surface area (Å²) in [6, 6.07) is 19.9. The first-order valence-electron chi connectivity index (χ1n) is 6.95. The summed E-state index contributed by atoms with van der Waals surface area (Å²) in [5.74, 6) is 3.67. The minimum Gasteiger partial charge on any atom is -0.495 e. The van der Waals surface area contributed by atoms with Gasteiger partial charge in [0.15, 0.2) is 0 Å². The zero-order valence-electron chi connectivity index (χ0n) is 12.2. The first-order chi connectivity index (χ1) is 10.8. The number of para-hydroxylation sites is 1. The van der Waals surface area contributed by atoms with Crippen molar-refractivity contribution in [3.05, 3.63) is 65.7 Å². The second-order valence-electron chi connectivity index (χ2n) is 4.81. The standard InChI is InChI=1S/C18H15NO3/c1-21-17-10-6-5-9-15(17)11-12-19-16(13-22-18(19)20)14-7-3-2-4-8-14/h2-10,16H,13H2,1H3. The number of rotatable bonds is 2. The average Bonchev–Trinajstić information content (AvgIpc) is 2.95. The summed E-state index contributed by atoms with van der Waals surface area (Å²) in [5, 5.41) is 0. The normalized spacial score (nSPS) is 16.7. The summed E-state index contributed by atoms with van der Waals surface area (Å²) >= 11 is 0. The lowest BCUT2D eigenvalue weighted by Gasteiger charge is -2.14. The molecule has 2 aromatic carbocycles. The van der Waals surface area contributed by atoms with Gasteiger partial charge in [-0.2, -0.15) is 0 Å². The molecule has 0 aromatic heterocycles. The Morgan fingerprint density at radius 1 is 1.14 bits per heavy atom. The number of hydrogen-bond donors (Lipinski definition) is 0. The first kappa shape index (κ1) is 14.0. The van der Waals surface area contributed by atoms with Crippen LogP contribution in [0.2, 0.25) is 0 Å². The van der Waals surface area contributed by atoms with Gasteiger partial charge < -0.3 is 9.47 Å². The van der Waals surface area contributed by atoms with Crippen LogP contribution in [0, 0.1) is 12.0 Å². The van der Waals surface area contributed by atoms with Gasteiger partial charge in [-0.1, -0.05) is 42.5 Å². The number of carbonyl (C=O) groups excluding carboxylic acids is 1. The molecule has 1 heterocycles. The smallest absolute Gasteiger partial charge is 0.422 e. The fourth-order valence-corrected chi connectivity index (χ4v) is 2.33. The zero-order valence-corrected chi connectivity index (χ0v) is 12.2. The maximum Gasteiger partial charge on any atom is 0.422 e. The monoisotopic (exact) mass is 293 g/mol. The summed E-state index contributed by atoms with van der Waals surface area (Å²) < 4.78 is 10.4. The molecule has 2 aromatic rings. The van der Waals surface area contributed by atoms with Crippen LogP contribution >= 0.6 is 0 Å². The minimum absolute atomic E-state index is 0.184. The van der Waals surface area contributed by atoms with Crippen LogP contribution in [-0.4, -0.2) is 24.7 Å². The Balaban J connectivity index is 1.90. The van der Waals surface area contributed by atoms with Crippen molar-refractivity contribution in [2.24, 2.45) is 0 Å². The van der Waals surface area contributed by atoms with Gasteiger partial charge in [0, 0.05) is 6.04 Å². The third-order valence-corrected chi connectivity index (χ3v) is 3.48. The van der Waals surface area contributed by atoms with Gasteiger partial charge in [-0.05, 0) is 23.6 Å². The third-order valence-electron chi connectivity index (χ3n) is 3.48. The maximum atomic E-state index is 11.9. The van der Waals surface area contributed by atoms with Crippen LogP contribution in [0.5, 0.6) is 5.75 Å². The highest BCUT2D eigenvalue weighted by atomic mass is 16.6. The quantitative estimate of drug-likeness (QED) is 0.798. The van der Waals surface area contributed by atoms with Gasteiger partial charge in [-0.25, -0.2) is 9.69 Å². The third kappa shape index (κ3) is 2.75. The van der Waals surface area contributed by atoms with E-state index in [4.69, 9.17) is 9.47 Å². The van der Waals surface area contributed by atoms with Gasteiger partial charge in [0.05, 0.1) is 12.7 Å². The molecule has 1 atom stereocenters. The molecule has 1 fully saturated rings. The van der Waals surface area contributed by atoms with Crippen LogP contribution < -0.4 is 4.74 Å². The largest absolute Gasteiger partial charge is 0.495 e. The molecule has 110 valence electrons. The SMILES string of the molecule is COc1ccccc1C#CN1C(=O)OCC1c1ccccc1. The van der Waals surface area contributed by atoms with Crippen molar-refractivity contribution in [1.82, 2.24) is 4.90 Å². The second kappa shape index (κ2) is 6.23. The van der Waals surface area contributed by atoms with Crippen molar-refractivity contribution < 1.29 is 14.3 Å². The summed E-state index contributed by atoms with van der Waals surface area (Å²) in [5.41, 5.74) is 1.74. The topological polar surface area (TPSA) is 38.8 Å². The van der Waals surface area contributed by atoms with E-state index in [-0.39, 0.29) is 6.04 Å². The minimum atomic E-state index is -0.420. The van der Waals surface area contributed by atoms with Crippen LogP contribution in [0.4, 0.5) is 4.79 Å². The van der Waals surface area contributed by atoms with Crippen LogP contribution in [0.15, 0.2) is 54.6 Å². The van der Waals surface area contributed by atoms with E-state index in [2.05, 4.69) is 12.0 Å². The highest BCUT2D eigenvalue weighted by molar-refractivity contribution is 5.73. The van der Waals surface area contributed by atoms with Crippen molar-refractivity contribution in [1.29, 1.82) is 0 Å². The molecule has 4 nitrogen and oxygen atoms in total. The number of hydrogen-bond acceptors (Lipinski definition) is 3. The molecule has 0 bridgehead atoms.